The fourth-order valence-electron chi connectivity index (χ4n) is 2.80. The topological polar surface area (TPSA) is 136 Å². The first-order valence-corrected chi connectivity index (χ1v) is 11.2. The van der Waals surface area contributed by atoms with Gasteiger partial charge in [-0.3, -0.25) is 9.59 Å². The molecule has 0 radical (unpaired) electrons. The Morgan fingerprint density at radius 3 is 2.65 bits per heavy atom. The van der Waals surface area contributed by atoms with Gasteiger partial charge < -0.3 is 24.6 Å². The number of thioether (sulfide) groups is 1. The highest BCUT2D eigenvalue weighted by Gasteiger charge is 2.32. The predicted molar refractivity (Wildman–Crippen MR) is 127 cm³/mol. The fraction of sp³-hybridized carbons (Fsp3) is 0.227. The maximum absolute atomic E-state index is 12.6. The molecule has 1 aliphatic rings. The van der Waals surface area contributed by atoms with Crippen LogP contribution in [-0.2, 0) is 9.59 Å². The molecule has 2 aromatic carbocycles. The minimum absolute atomic E-state index is 0.0583. The Morgan fingerprint density at radius 2 is 2.00 bits per heavy atom. The minimum atomic E-state index is -1.08. The summed E-state index contributed by atoms with van der Waals surface area (Å²) in [4.78, 5) is 35.1. The van der Waals surface area contributed by atoms with Crippen LogP contribution in [0.4, 0.5) is 0 Å². The summed E-state index contributed by atoms with van der Waals surface area (Å²) >= 11 is 7.34. The molecule has 1 atom stereocenters. The quantitative estimate of drug-likeness (QED) is 0.229. The average molecular weight is 506 g/mol. The van der Waals surface area contributed by atoms with E-state index in [0.717, 1.165) is 11.8 Å². The van der Waals surface area contributed by atoms with Gasteiger partial charge in [-0.05, 0) is 43.3 Å². The van der Waals surface area contributed by atoms with Crippen LogP contribution in [0, 0.1) is 0 Å². The third-order valence-corrected chi connectivity index (χ3v) is 5.70. The highest BCUT2D eigenvalue weighted by molar-refractivity contribution is 8.15. The summed E-state index contributed by atoms with van der Waals surface area (Å²) in [5, 5.41) is 18.7. The highest BCUT2D eigenvalue weighted by Crippen LogP contribution is 2.37. The van der Waals surface area contributed by atoms with E-state index in [-0.39, 0.29) is 28.1 Å². The first kappa shape index (κ1) is 25.1. The monoisotopic (exact) mass is 505 g/mol. The largest absolute Gasteiger partial charge is 0.497 e. The third kappa shape index (κ3) is 6.49. The number of ether oxygens (including phenoxy) is 3. The Kier molecular flexibility index (Phi) is 8.50. The summed E-state index contributed by atoms with van der Waals surface area (Å²) in [6.45, 7) is 2.06. The number of hydrogen-bond acceptors (Lipinski definition) is 9. The number of nitrogens with zero attached hydrogens (tertiary/aromatic N) is 2. The van der Waals surface area contributed by atoms with Gasteiger partial charge in [0.15, 0.2) is 16.7 Å². The number of esters is 1. The van der Waals surface area contributed by atoms with Crippen LogP contribution in [0.1, 0.15) is 29.3 Å². The summed E-state index contributed by atoms with van der Waals surface area (Å²) in [7, 11) is 1.52. The Labute approximate surface area is 203 Å². The predicted octanol–water partition coefficient (Wildman–Crippen LogP) is 3.36. The molecule has 3 rings (SSSR count). The van der Waals surface area contributed by atoms with Crippen LogP contribution in [0.25, 0.3) is 0 Å². The third-order valence-electron chi connectivity index (χ3n) is 4.34. The smallest absolute Gasteiger partial charge is 0.343 e. The zero-order valence-corrected chi connectivity index (χ0v) is 19.7. The van der Waals surface area contributed by atoms with Gasteiger partial charge in [0.1, 0.15) is 11.0 Å². The van der Waals surface area contributed by atoms with Crippen molar-refractivity contribution in [2.75, 3.05) is 13.7 Å². The van der Waals surface area contributed by atoms with Crippen LogP contribution < -0.4 is 19.5 Å². The van der Waals surface area contributed by atoms with Crippen LogP contribution in [0.3, 0.4) is 0 Å². The van der Waals surface area contributed by atoms with Crippen molar-refractivity contribution in [3.63, 3.8) is 0 Å². The van der Waals surface area contributed by atoms with E-state index >= 15 is 0 Å². The number of hydrogen-bond donors (Lipinski definition) is 2. The maximum atomic E-state index is 12.6. The number of nitrogens with one attached hydrogen (secondary N) is 1. The van der Waals surface area contributed by atoms with Crippen LogP contribution in [0.5, 0.6) is 17.2 Å². The van der Waals surface area contributed by atoms with Gasteiger partial charge in [-0.1, -0.05) is 23.4 Å². The molecule has 1 unspecified atom stereocenters. The van der Waals surface area contributed by atoms with Crippen LogP contribution >= 0.6 is 23.4 Å². The normalized spacial score (nSPS) is 16.5. The van der Waals surface area contributed by atoms with E-state index in [1.807, 2.05) is 0 Å². The minimum Gasteiger partial charge on any atom is -0.497 e. The van der Waals surface area contributed by atoms with Gasteiger partial charge in [-0.15, -0.1) is 5.10 Å². The van der Waals surface area contributed by atoms with Crippen molar-refractivity contribution >= 4 is 52.6 Å². The molecule has 0 aromatic heterocycles. The molecule has 178 valence electrons. The summed E-state index contributed by atoms with van der Waals surface area (Å²) in [5.74, 6) is -1.25. The lowest BCUT2D eigenvalue weighted by Crippen LogP contribution is -2.26. The number of carboxylic acid groups (broad SMARTS) is 1. The van der Waals surface area contributed by atoms with Gasteiger partial charge in [0.2, 0.25) is 5.91 Å². The Balaban J connectivity index is 1.76. The van der Waals surface area contributed by atoms with Gasteiger partial charge >= 0.3 is 11.9 Å². The number of carboxylic acids is 1. The molecular weight excluding hydrogens is 486 g/mol. The zero-order valence-electron chi connectivity index (χ0n) is 18.1. The first-order chi connectivity index (χ1) is 16.3. The van der Waals surface area contributed by atoms with Crippen molar-refractivity contribution in [1.82, 2.24) is 5.32 Å². The molecule has 10 nitrogen and oxygen atoms in total. The molecule has 1 heterocycles. The van der Waals surface area contributed by atoms with Crippen LogP contribution in [0.2, 0.25) is 5.02 Å². The van der Waals surface area contributed by atoms with Crippen LogP contribution in [0.15, 0.2) is 46.6 Å². The van der Waals surface area contributed by atoms with E-state index in [1.54, 1.807) is 37.3 Å². The average Bonchev–Trinajstić information content (AvgIpc) is 3.14. The van der Waals surface area contributed by atoms with E-state index < -0.39 is 23.1 Å². The molecule has 1 saturated heterocycles. The maximum Gasteiger partial charge on any atom is 0.343 e. The number of rotatable bonds is 9. The van der Waals surface area contributed by atoms with Crippen molar-refractivity contribution in [3.8, 4) is 17.2 Å². The van der Waals surface area contributed by atoms with Gasteiger partial charge in [0.05, 0.1) is 36.9 Å². The van der Waals surface area contributed by atoms with Gasteiger partial charge in [-0.25, -0.2) is 4.79 Å². The second kappa shape index (κ2) is 11.5. The van der Waals surface area contributed by atoms with Crippen molar-refractivity contribution in [3.05, 3.63) is 52.5 Å². The fourth-order valence-corrected chi connectivity index (χ4v) is 3.97. The Morgan fingerprint density at radius 1 is 1.26 bits per heavy atom. The number of aliphatic carboxylic acids is 1. The van der Waals surface area contributed by atoms with E-state index in [0.29, 0.717) is 23.5 Å². The molecular formula is C22H20ClN3O7S. The molecule has 2 N–H and O–H groups in total. The SMILES string of the molecule is CCOc1cc(C=NN=C2NC(=O)C(CC(=O)O)S2)cc(Cl)c1OC(=O)c1ccc(OC)cc1. The lowest BCUT2D eigenvalue weighted by molar-refractivity contribution is -0.138. The summed E-state index contributed by atoms with van der Waals surface area (Å²) < 4.78 is 16.1. The standard InChI is InChI=1S/C22H20ClN3O7S/c1-3-32-16-9-12(11-24-26-22-25-20(29)17(34-22)10-18(27)28)8-15(23)19(16)33-21(30)13-4-6-14(31-2)7-5-13/h4-9,11,17H,3,10H2,1-2H3,(H,27,28)(H,25,26,29). The van der Waals surface area contributed by atoms with Crippen molar-refractivity contribution < 1.29 is 33.7 Å². The number of methoxy groups -OCH3 is 1. The zero-order chi connectivity index (χ0) is 24.7. The summed E-state index contributed by atoms with van der Waals surface area (Å²) in [6, 6.07) is 9.49. The second-order valence-corrected chi connectivity index (χ2v) is 8.32. The first-order valence-electron chi connectivity index (χ1n) is 9.93. The lowest BCUT2D eigenvalue weighted by atomic mass is 10.2. The van der Waals surface area contributed by atoms with E-state index in [1.165, 1.54) is 19.4 Å². The van der Waals surface area contributed by atoms with Crippen molar-refractivity contribution in [2.24, 2.45) is 10.2 Å². The van der Waals surface area contributed by atoms with Gasteiger partial charge in [0, 0.05) is 5.56 Å². The molecule has 0 saturated carbocycles. The number of benzene rings is 2. The summed E-state index contributed by atoms with van der Waals surface area (Å²) in [5.41, 5.74) is 0.802. The molecule has 0 spiro atoms. The lowest BCUT2D eigenvalue weighted by Gasteiger charge is -2.13. The van der Waals surface area contributed by atoms with Gasteiger partial charge in [0.25, 0.3) is 0 Å². The molecule has 12 heteroatoms. The number of carbonyl (C=O) groups excluding carboxylic acids is 2. The van der Waals surface area contributed by atoms with Crippen LogP contribution in [-0.4, -0.2) is 53.3 Å². The molecule has 1 aliphatic heterocycles. The van der Waals surface area contributed by atoms with Crippen molar-refractivity contribution in [1.29, 1.82) is 0 Å². The molecule has 1 fully saturated rings. The number of amides is 1. The van der Waals surface area contributed by atoms with E-state index in [9.17, 15) is 14.4 Å². The number of amidine groups is 1. The number of halogens is 1. The summed E-state index contributed by atoms with van der Waals surface area (Å²) in [6.07, 6.45) is 1.05. The molecule has 0 bridgehead atoms. The highest BCUT2D eigenvalue weighted by atomic mass is 35.5. The van der Waals surface area contributed by atoms with Gasteiger partial charge in [-0.2, -0.15) is 5.10 Å². The van der Waals surface area contributed by atoms with E-state index in [2.05, 4.69) is 15.5 Å². The molecule has 0 aliphatic carbocycles. The number of carbonyl (C=O) groups is 3. The second-order valence-electron chi connectivity index (χ2n) is 6.72. The molecule has 34 heavy (non-hydrogen) atoms. The van der Waals surface area contributed by atoms with E-state index in [4.69, 9.17) is 30.9 Å². The molecule has 2 aromatic rings. The molecule has 1 amide bonds. The Bertz CT molecular complexity index is 1150. The van der Waals surface area contributed by atoms with Crippen molar-refractivity contribution in [2.45, 2.75) is 18.6 Å². The Hall–Kier alpha value is -3.57.